The van der Waals surface area contributed by atoms with E-state index in [0.29, 0.717) is 19.3 Å². The molecule has 2 fully saturated rings. The summed E-state index contributed by atoms with van der Waals surface area (Å²) in [5, 5.41) is 16.2. The highest BCUT2D eigenvalue weighted by molar-refractivity contribution is 5.79. The first kappa shape index (κ1) is 20.0. The highest BCUT2D eigenvalue weighted by atomic mass is 16.5. The number of rotatable bonds is 8. The predicted octanol–water partition coefficient (Wildman–Crippen LogP) is 2.46. The van der Waals surface area contributed by atoms with E-state index < -0.39 is 0 Å². The van der Waals surface area contributed by atoms with E-state index in [1.54, 1.807) is 7.05 Å². The molecule has 0 spiro atoms. The fraction of sp³-hybridized carbons (Fsp3) is 0.667. The molecule has 6 heteroatoms. The molecule has 1 saturated carbocycles. The lowest BCUT2D eigenvalue weighted by molar-refractivity contribution is 0.127. The largest absolute Gasteiger partial charge is 0.490 e. The van der Waals surface area contributed by atoms with E-state index in [1.807, 2.05) is 12.1 Å². The topological polar surface area (TPSA) is 75.1 Å². The third-order valence-corrected chi connectivity index (χ3v) is 5.70. The number of aliphatic imine (C=N–C) groups is 1. The van der Waals surface area contributed by atoms with Crippen LogP contribution in [0, 0.1) is 5.41 Å². The van der Waals surface area contributed by atoms with Gasteiger partial charge in [-0.15, -0.1) is 0 Å². The molecule has 3 N–H and O–H groups in total. The van der Waals surface area contributed by atoms with Crippen molar-refractivity contribution in [2.24, 2.45) is 10.4 Å². The van der Waals surface area contributed by atoms with E-state index in [4.69, 9.17) is 9.47 Å². The highest BCUT2D eigenvalue weighted by Crippen LogP contribution is 2.31. The Bertz CT molecular complexity index is 608. The molecule has 0 amide bonds. The fourth-order valence-electron chi connectivity index (χ4n) is 3.93. The van der Waals surface area contributed by atoms with Gasteiger partial charge in [-0.25, -0.2) is 0 Å². The molecule has 1 aromatic carbocycles. The van der Waals surface area contributed by atoms with Crippen molar-refractivity contribution < 1.29 is 14.6 Å². The molecule has 0 bridgehead atoms. The summed E-state index contributed by atoms with van der Waals surface area (Å²) in [6, 6.07) is 8.22. The first-order chi connectivity index (χ1) is 13.2. The van der Waals surface area contributed by atoms with Crippen molar-refractivity contribution >= 4 is 5.96 Å². The molecule has 1 atom stereocenters. The second-order valence-electron chi connectivity index (χ2n) is 7.69. The van der Waals surface area contributed by atoms with Crippen LogP contribution in [0.4, 0.5) is 0 Å². The van der Waals surface area contributed by atoms with Gasteiger partial charge < -0.3 is 25.2 Å². The van der Waals surface area contributed by atoms with Crippen LogP contribution in [-0.2, 0) is 11.3 Å². The van der Waals surface area contributed by atoms with Gasteiger partial charge in [-0.05, 0) is 44.6 Å². The molecule has 0 radical (unpaired) electrons. The number of hydrogen-bond donors (Lipinski definition) is 3. The van der Waals surface area contributed by atoms with Gasteiger partial charge in [0.05, 0.1) is 12.7 Å². The van der Waals surface area contributed by atoms with Gasteiger partial charge in [-0.3, -0.25) is 4.99 Å². The van der Waals surface area contributed by atoms with E-state index in [9.17, 15) is 5.11 Å². The van der Waals surface area contributed by atoms with E-state index in [0.717, 1.165) is 56.1 Å². The van der Waals surface area contributed by atoms with Crippen LogP contribution in [0.3, 0.4) is 0 Å². The molecule has 6 nitrogen and oxygen atoms in total. The normalized spacial score (nSPS) is 23.6. The summed E-state index contributed by atoms with van der Waals surface area (Å²) < 4.78 is 11.8. The van der Waals surface area contributed by atoms with Crippen molar-refractivity contribution in [2.75, 3.05) is 33.4 Å². The van der Waals surface area contributed by atoms with E-state index in [1.165, 1.54) is 12.8 Å². The standard InChI is InChI=1S/C21H33N3O3/c1-22-20(24-15-21(10-12-25)11-13-26-16-21)23-14-17-6-2-5-9-19(17)27-18-7-3-4-8-18/h2,5-6,9,18,25H,3-4,7-8,10-16H2,1H3,(H2,22,23,24). The Morgan fingerprint density at radius 3 is 2.81 bits per heavy atom. The van der Waals surface area contributed by atoms with Gasteiger partial charge in [-0.1, -0.05) is 18.2 Å². The quantitative estimate of drug-likeness (QED) is 0.481. The molecule has 150 valence electrons. The maximum Gasteiger partial charge on any atom is 0.191 e. The Balaban J connectivity index is 1.53. The molecule has 1 heterocycles. The lowest BCUT2D eigenvalue weighted by Crippen LogP contribution is -2.44. The number of nitrogens with one attached hydrogen (secondary N) is 2. The smallest absolute Gasteiger partial charge is 0.191 e. The zero-order chi connectivity index (χ0) is 19.0. The number of para-hydroxylation sites is 1. The maximum absolute atomic E-state index is 9.37. The van der Waals surface area contributed by atoms with Crippen LogP contribution < -0.4 is 15.4 Å². The van der Waals surface area contributed by atoms with Crippen LogP contribution in [-0.4, -0.2) is 50.6 Å². The van der Waals surface area contributed by atoms with E-state index >= 15 is 0 Å². The molecule has 1 aromatic rings. The number of ether oxygens (including phenoxy) is 2. The Kier molecular flexibility index (Phi) is 7.35. The number of guanidine groups is 1. The minimum Gasteiger partial charge on any atom is -0.490 e. The Labute approximate surface area is 162 Å². The van der Waals surface area contributed by atoms with Gasteiger partial charge >= 0.3 is 0 Å². The molecule has 1 aliphatic heterocycles. The van der Waals surface area contributed by atoms with Crippen LogP contribution >= 0.6 is 0 Å². The number of aliphatic hydroxyl groups excluding tert-OH is 1. The van der Waals surface area contributed by atoms with Gasteiger partial charge in [-0.2, -0.15) is 0 Å². The third kappa shape index (κ3) is 5.59. The van der Waals surface area contributed by atoms with Gasteiger partial charge in [0.2, 0.25) is 0 Å². The van der Waals surface area contributed by atoms with Gasteiger partial charge in [0.15, 0.2) is 5.96 Å². The summed E-state index contributed by atoms with van der Waals surface area (Å²) in [6.07, 6.45) is 6.90. The van der Waals surface area contributed by atoms with Gasteiger partial charge in [0.25, 0.3) is 0 Å². The van der Waals surface area contributed by atoms with Crippen molar-refractivity contribution in [3.63, 3.8) is 0 Å². The van der Waals surface area contributed by atoms with Crippen LogP contribution in [0.15, 0.2) is 29.3 Å². The van der Waals surface area contributed by atoms with Crippen molar-refractivity contribution in [3.05, 3.63) is 29.8 Å². The molecule has 3 rings (SSSR count). The summed E-state index contributed by atoms with van der Waals surface area (Å²) in [4.78, 5) is 4.34. The van der Waals surface area contributed by atoms with Crippen molar-refractivity contribution in [1.29, 1.82) is 0 Å². The lowest BCUT2D eigenvalue weighted by Gasteiger charge is -2.27. The molecular formula is C21H33N3O3. The second-order valence-corrected chi connectivity index (χ2v) is 7.69. The summed E-state index contributed by atoms with van der Waals surface area (Å²) in [6.45, 7) is 3.04. The minimum atomic E-state index is -0.00411. The number of benzene rings is 1. The van der Waals surface area contributed by atoms with Crippen LogP contribution in [0.2, 0.25) is 0 Å². The average molecular weight is 376 g/mol. The Morgan fingerprint density at radius 1 is 1.30 bits per heavy atom. The summed E-state index contributed by atoms with van der Waals surface area (Å²) in [5.41, 5.74) is 1.14. The molecular weight excluding hydrogens is 342 g/mol. The third-order valence-electron chi connectivity index (χ3n) is 5.70. The highest BCUT2D eigenvalue weighted by Gasteiger charge is 2.34. The molecule has 1 aliphatic carbocycles. The second kappa shape index (κ2) is 9.95. The first-order valence-electron chi connectivity index (χ1n) is 10.1. The van der Waals surface area contributed by atoms with Crippen LogP contribution in [0.25, 0.3) is 0 Å². The number of aliphatic hydroxyl groups is 1. The van der Waals surface area contributed by atoms with Crippen molar-refractivity contribution in [2.45, 2.75) is 51.2 Å². The monoisotopic (exact) mass is 375 g/mol. The average Bonchev–Trinajstić information content (AvgIpc) is 3.36. The Hall–Kier alpha value is -1.79. The number of nitrogens with zero attached hydrogens (tertiary/aromatic N) is 1. The lowest BCUT2D eigenvalue weighted by atomic mass is 9.84. The summed E-state index contributed by atoms with van der Waals surface area (Å²) >= 11 is 0. The van der Waals surface area contributed by atoms with E-state index in [2.05, 4.69) is 27.8 Å². The zero-order valence-corrected chi connectivity index (χ0v) is 16.4. The van der Waals surface area contributed by atoms with E-state index in [-0.39, 0.29) is 12.0 Å². The van der Waals surface area contributed by atoms with Gasteiger partial charge in [0, 0.05) is 44.3 Å². The summed E-state index contributed by atoms with van der Waals surface area (Å²) in [7, 11) is 1.78. The zero-order valence-electron chi connectivity index (χ0n) is 16.4. The number of hydrogen-bond acceptors (Lipinski definition) is 4. The summed E-state index contributed by atoms with van der Waals surface area (Å²) in [5.74, 6) is 1.73. The Morgan fingerprint density at radius 2 is 2.11 bits per heavy atom. The van der Waals surface area contributed by atoms with Gasteiger partial charge in [0.1, 0.15) is 5.75 Å². The molecule has 2 aliphatic rings. The first-order valence-corrected chi connectivity index (χ1v) is 10.1. The molecule has 1 unspecified atom stereocenters. The molecule has 27 heavy (non-hydrogen) atoms. The predicted molar refractivity (Wildman–Crippen MR) is 107 cm³/mol. The molecule has 0 aromatic heterocycles. The van der Waals surface area contributed by atoms with Crippen LogP contribution in [0.1, 0.15) is 44.1 Å². The fourth-order valence-corrected chi connectivity index (χ4v) is 3.93. The maximum atomic E-state index is 9.37. The SMILES string of the molecule is CN=C(NCc1ccccc1OC1CCCC1)NCC1(CCO)CCOC1. The van der Waals surface area contributed by atoms with Crippen molar-refractivity contribution in [1.82, 2.24) is 10.6 Å². The van der Waals surface area contributed by atoms with Crippen LogP contribution in [0.5, 0.6) is 5.75 Å². The van der Waals surface area contributed by atoms with Crippen molar-refractivity contribution in [3.8, 4) is 5.75 Å². The minimum absolute atomic E-state index is 0.00411. The molecule has 1 saturated heterocycles.